The summed E-state index contributed by atoms with van der Waals surface area (Å²) in [6.07, 6.45) is 2.55. The number of carbonyl (C=O) groups is 2. The van der Waals surface area contributed by atoms with Crippen LogP contribution in [0.2, 0.25) is 0 Å². The van der Waals surface area contributed by atoms with E-state index in [1.807, 2.05) is 0 Å². The van der Waals surface area contributed by atoms with Gasteiger partial charge in [-0.15, -0.1) is 0 Å². The minimum absolute atomic E-state index is 0.268. The summed E-state index contributed by atoms with van der Waals surface area (Å²) >= 11 is 0. The summed E-state index contributed by atoms with van der Waals surface area (Å²) in [6.45, 7) is -0.640. The topological polar surface area (TPSA) is 111 Å². The molecule has 8 nitrogen and oxygen atoms in total. The molecule has 1 aliphatic carbocycles. The fourth-order valence-electron chi connectivity index (χ4n) is 2.92. The first-order valence-electron chi connectivity index (χ1n) is 9.36. The Morgan fingerprint density at radius 2 is 2.00 bits per heavy atom. The molecule has 0 unspecified atom stereocenters. The lowest BCUT2D eigenvalue weighted by Gasteiger charge is -2.13. The van der Waals surface area contributed by atoms with Gasteiger partial charge in [0, 0.05) is 12.6 Å². The number of rotatable bonds is 9. The normalized spacial score (nSPS) is 13.9. The first-order valence-corrected chi connectivity index (χ1v) is 9.36. The molecule has 164 valence electrons. The minimum Gasteiger partial charge on any atom is -0.454 e. The van der Waals surface area contributed by atoms with E-state index in [0.29, 0.717) is 18.7 Å². The van der Waals surface area contributed by atoms with Gasteiger partial charge in [-0.05, 0) is 44.2 Å². The van der Waals surface area contributed by atoms with Gasteiger partial charge in [-0.2, -0.15) is 13.2 Å². The highest BCUT2D eigenvalue weighted by Gasteiger charge is 2.33. The Balaban J connectivity index is 1.76. The van der Waals surface area contributed by atoms with Crippen molar-refractivity contribution in [2.75, 3.05) is 25.0 Å². The number of nitro groups is 1. The Hall–Kier alpha value is -3.11. The first-order chi connectivity index (χ1) is 14.2. The number of allylic oxidation sites excluding steroid dienone is 1. The summed E-state index contributed by atoms with van der Waals surface area (Å²) in [5.41, 5.74) is -0.980. The smallest absolute Gasteiger partial charge is 0.416 e. The number of esters is 1. The molecule has 0 bridgehead atoms. The Labute approximate surface area is 170 Å². The Morgan fingerprint density at radius 3 is 2.63 bits per heavy atom. The van der Waals surface area contributed by atoms with E-state index >= 15 is 0 Å². The number of amides is 1. The molecule has 11 heteroatoms. The number of halogens is 3. The van der Waals surface area contributed by atoms with Gasteiger partial charge in [0.15, 0.2) is 6.61 Å². The summed E-state index contributed by atoms with van der Waals surface area (Å²) in [5.74, 6) is -1.37. The molecule has 0 heterocycles. The maximum Gasteiger partial charge on any atom is 0.416 e. The molecule has 0 aromatic heterocycles. The van der Waals surface area contributed by atoms with Gasteiger partial charge in [0.2, 0.25) is 0 Å². The van der Waals surface area contributed by atoms with E-state index in [0.717, 1.165) is 31.7 Å². The van der Waals surface area contributed by atoms with Gasteiger partial charge in [-0.3, -0.25) is 19.7 Å². The van der Waals surface area contributed by atoms with Crippen molar-refractivity contribution in [1.82, 2.24) is 5.32 Å². The van der Waals surface area contributed by atoms with Gasteiger partial charge in [0.25, 0.3) is 11.6 Å². The first kappa shape index (κ1) is 23.2. The van der Waals surface area contributed by atoms with Crippen LogP contribution in [0.1, 0.15) is 37.7 Å². The summed E-state index contributed by atoms with van der Waals surface area (Å²) in [7, 11) is 0. The van der Waals surface area contributed by atoms with Gasteiger partial charge in [0.1, 0.15) is 12.2 Å². The van der Waals surface area contributed by atoms with Crippen molar-refractivity contribution in [2.24, 2.45) is 0 Å². The van der Waals surface area contributed by atoms with Gasteiger partial charge >= 0.3 is 12.1 Å². The predicted molar refractivity (Wildman–Crippen MR) is 102 cm³/mol. The SMILES string of the molecule is O=C(COC(=O)CNc1ccc(C(F)(F)F)cc1[N+](=O)[O-])NCCC1=CCCCC1. The average molecular weight is 429 g/mol. The highest BCUT2D eigenvalue weighted by molar-refractivity contribution is 5.82. The molecule has 0 aliphatic heterocycles. The zero-order chi connectivity index (χ0) is 22.1. The molecular weight excluding hydrogens is 407 g/mol. The third-order valence-electron chi connectivity index (χ3n) is 4.46. The van der Waals surface area contributed by atoms with E-state index in [1.165, 1.54) is 12.0 Å². The quantitative estimate of drug-likeness (QED) is 0.269. The van der Waals surface area contributed by atoms with Gasteiger partial charge in [-0.1, -0.05) is 11.6 Å². The Morgan fingerprint density at radius 1 is 1.23 bits per heavy atom. The van der Waals surface area contributed by atoms with Crippen LogP contribution < -0.4 is 10.6 Å². The predicted octanol–water partition coefficient (Wildman–Crippen LogP) is 3.58. The van der Waals surface area contributed by atoms with Crippen molar-refractivity contribution in [3.63, 3.8) is 0 Å². The molecule has 0 radical (unpaired) electrons. The minimum atomic E-state index is -4.73. The van der Waals surface area contributed by atoms with E-state index in [1.54, 1.807) is 0 Å². The number of carbonyl (C=O) groups excluding carboxylic acids is 2. The second-order valence-corrected chi connectivity index (χ2v) is 6.71. The number of hydrogen-bond acceptors (Lipinski definition) is 6. The lowest BCUT2D eigenvalue weighted by Crippen LogP contribution is -2.31. The molecule has 1 aliphatic rings. The van der Waals surface area contributed by atoms with Crippen LogP contribution in [0.15, 0.2) is 29.8 Å². The number of benzene rings is 1. The van der Waals surface area contributed by atoms with Crippen molar-refractivity contribution < 1.29 is 32.4 Å². The van der Waals surface area contributed by atoms with Gasteiger partial charge in [0.05, 0.1) is 10.5 Å². The van der Waals surface area contributed by atoms with Crippen LogP contribution in [0.3, 0.4) is 0 Å². The van der Waals surface area contributed by atoms with E-state index < -0.39 is 47.4 Å². The molecule has 2 rings (SSSR count). The molecule has 0 spiro atoms. The highest BCUT2D eigenvalue weighted by atomic mass is 19.4. The lowest BCUT2D eigenvalue weighted by molar-refractivity contribution is -0.384. The van der Waals surface area contributed by atoms with Crippen molar-refractivity contribution >= 4 is 23.3 Å². The van der Waals surface area contributed by atoms with Crippen LogP contribution in [0.5, 0.6) is 0 Å². The molecule has 0 fully saturated rings. The van der Waals surface area contributed by atoms with E-state index in [2.05, 4.69) is 16.7 Å². The van der Waals surface area contributed by atoms with Crippen LogP contribution in [0.4, 0.5) is 24.5 Å². The van der Waals surface area contributed by atoms with Crippen molar-refractivity contribution in [2.45, 2.75) is 38.3 Å². The van der Waals surface area contributed by atoms with Crippen LogP contribution in [0.25, 0.3) is 0 Å². The fourth-order valence-corrected chi connectivity index (χ4v) is 2.92. The van der Waals surface area contributed by atoms with Crippen molar-refractivity contribution in [3.05, 3.63) is 45.5 Å². The second kappa shape index (κ2) is 10.6. The lowest BCUT2D eigenvalue weighted by atomic mass is 9.97. The summed E-state index contributed by atoms with van der Waals surface area (Å²) in [6, 6.07) is 1.90. The van der Waals surface area contributed by atoms with Crippen molar-refractivity contribution in [1.29, 1.82) is 0 Å². The number of nitrogens with zero attached hydrogens (tertiary/aromatic N) is 1. The maximum atomic E-state index is 12.7. The molecule has 0 saturated carbocycles. The number of alkyl halides is 3. The largest absolute Gasteiger partial charge is 0.454 e. The monoisotopic (exact) mass is 429 g/mol. The average Bonchev–Trinajstić information content (AvgIpc) is 2.70. The van der Waals surface area contributed by atoms with E-state index in [4.69, 9.17) is 4.74 Å². The van der Waals surface area contributed by atoms with E-state index in [-0.39, 0.29) is 5.69 Å². The Bertz CT molecular complexity index is 824. The number of anilines is 1. The molecule has 1 aromatic rings. The Kier molecular flexibility index (Phi) is 8.19. The second-order valence-electron chi connectivity index (χ2n) is 6.71. The van der Waals surface area contributed by atoms with Crippen LogP contribution in [0, 0.1) is 10.1 Å². The zero-order valence-electron chi connectivity index (χ0n) is 16.1. The number of hydrogen-bond donors (Lipinski definition) is 2. The van der Waals surface area contributed by atoms with Gasteiger partial charge < -0.3 is 15.4 Å². The summed E-state index contributed by atoms with van der Waals surface area (Å²) in [5, 5.41) is 16.0. The van der Waals surface area contributed by atoms with Crippen LogP contribution in [-0.4, -0.2) is 36.5 Å². The number of ether oxygens (including phenoxy) is 1. The molecule has 0 atom stereocenters. The standard InChI is InChI=1S/C19H22F3N3O5/c20-19(21,22)14-6-7-15(16(10-14)25(28)29)24-11-18(27)30-12-17(26)23-9-8-13-4-2-1-3-5-13/h4,6-7,10,24H,1-3,5,8-9,11-12H2,(H,23,26). The molecule has 2 N–H and O–H groups in total. The molecule has 1 amide bonds. The molecule has 1 aromatic carbocycles. The fraction of sp³-hybridized carbons (Fsp3) is 0.474. The molecular formula is C19H22F3N3O5. The molecule has 0 saturated heterocycles. The maximum absolute atomic E-state index is 12.7. The van der Waals surface area contributed by atoms with Gasteiger partial charge in [-0.25, -0.2) is 0 Å². The number of nitrogens with one attached hydrogen (secondary N) is 2. The summed E-state index contributed by atoms with van der Waals surface area (Å²) in [4.78, 5) is 33.5. The zero-order valence-corrected chi connectivity index (χ0v) is 16.1. The number of nitro benzene ring substituents is 1. The van der Waals surface area contributed by atoms with Crippen LogP contribution in [-0.2, 0) is 20.5 Å². The van der Waals surface area contributed by atoms with E-state index in [9.17, 15) is 32.9 Å². The highest BCUT2D eigenvalue weighted by Crippen LogP contribution is 2.34. The summed E-state index contributed by atoms with van der Waals surface area (Å²) < 4.78 is 42.8. The third kappa shape index (κ3) is 7.37. The van der Waals surface area contributed by atoms with Crippen LogP contribution >= 0.6 is 0 Å². The molecule has 30 heavy (non-hydrogen) atoms. The third-order valence-corrected chi connectivity index (χ3v) is 4.46. The van der Waals surface area contributed by atoms with Crippen molar-refractivity contribution in [3.8, 4) is 0 Å².